The molecular weight excluding hydrogens is 520 g/mol. The lowest BCUT2D eigenvalue weighted by Gasteiger charge is -2.36. The number of nitro benzene ring substituents is 1. The second-order valence-corrected chi connectivity index (χ2v) is 8.24. The number of alkyl halides is 3. The van der Waals surface area contributed by atoms with Crippen molar-refractivity contribution in [3.8, 4) is 17.5 Å². The topological polar surface area (TPSA) is 130 Å². The lowest BCUT2D eigenvalue weighted by Crippen LogP contribution is -2.44. The van der Waals surface area contributed by atoms with E-state index in [0.29, 0.717) is 5.56 Å². The van der Waals surface area contributed by atoms with Crippen LogP contribution in [0.2, 0.25) is 0 Å². The number of hydrogen-bond acceptors (Lipinski definition) is 9. The minimum atomic E-state index is -5.06. The number of carbonyl (C=O) groups excluding carboxylic acids is 1. The van der Waals surface area contributed by atoms with Gasteiger partial charge in [0.15, 0.2) is 11.6 Å². The summed E-state index contributed by atoms with van der Waals surface area (Å²) in [6, 6.07) is 7.90. The zero-order chi connectivity index (χ0) is 27.4. The Morgan fingerprint density at radius 2 is 1.89 bits per heavy atom. The highest BCUT2D eigenvalue weighted by Gasteiger charge is 2.37. The maximum Gasteiger partial charge on any atom is 0.573 e. The maximum atomic E-state index is 14.4. The van der Waals surface area contributed by atoms with Gasteiger partial charge in [-0.2, -0.15) is 4.98 Å². The molecule has 0 N–H and O–H groups in total. The number of aromatic nitrogens is 2. The molecule has 2 heterocycles. The number of halogens is 4. The van der Waals surface area contributed by atoms with Crippen molar-refractivity contribution in [1.82, 2.24) is 15.0 Å². The molecule has 38 heavy (non-hydrogen) atoms. The van der Waals surface area contributed by atoms with Gasteiger partial charge in [-0.05, 0) is 48.3 Å². The number of carbonyl (C=O) groups is 1. The van der Waals surface area contributed by atoms with E-state index in [1.165, 1.54) is 35.2 Å². The van der Waals surface area contributed by atoms with Gasteiger partial charge < -0.3 is 23.6 Å². The second kappa shape index (κ2) is 10.9. The minimum absolute atomic E-state index is 0.00988. The molecule has 4 rings (SSSR count). The molecule has 202 valence electrons. The highest BCUT2D eigenvalue weighted by molar-refractivity contribution is 5.71. The van der Waals surface area contributed by atoms with Gasteiger partial charge in [0.05, 0.1) is 17.4 Å². The van der Waals surface area contributed by atoms with Crippen LogP contribution in [0.5, 0.6) is 17.5 Å². The molecule has 11 nitrogen and oxygen atoms in total. The normalized spacial score (nSPS) is 17.7. The molecule has 2 unspecified atom stereocenters. The molecule has 0 spiro atoms. The van der Waals surface area contributed by atoms with Gasteiger partial charge in [0.2, 0.25) is 5.89 Å². The van der Waals surface area contributed by atoms with Crippen LogP contribution in [0, 0.1) is 15.9 Å². The third-order valence-electron chi connectivity index (χ3n) is 5.66. The molecule has 1 saturated heterocycles. The molecule has 2 aromatic carbocycles. The number of non-ortho nitro benzene ring substituents is 1. The largest absolute Gasteiger partial charge is 0.573 e. The number of ether oxygens (including phenoxy) is 3. The standard InChI is InChI=1S/C23H20F4N4O7/c1-2-35-21-28-20(38-29-21)15-9-14(13-3-8-19(18(24)10-13)37-23(25,26)27)11-30(12-15)22(32)36-17-6-4-16(5-7-17)31(33)34/h3-8,10,14-15H,2,9,11-12H2,1H3. The zero-order valence-corrected chi connectivity index (χ0v) is 19.7. The van der Waals surface area contributed by atoms with Gasteiger partial charge in [-0.1, -0.05) is 6.07 Å². The van der Waals surface area contributed by atoms with Gasteiger partial charge in [0.1, 0.15) is 5.75 Å². The summed E-state index contributed by atoms with van der Waals surface area (Å²) in [6.45, 7) is 2.09. The van der Waals surface area contributed by atoms with Crippen LogP contribution in [0.3, 0.4) is 0 Å². The number of rotatable bonds is 7. The molecular formula is C23H20F4N4O7. The van der Waals surface area contributed by atoms with Crippen molar-refractivity contribution in [2.45, 2.75) is 31.5 Å². The molecule has 1 aromatic heterocycles. The van der Waals surface area contributed by atoms with Crippen molar-refractivity contribution in [3.63, 3.8) is 0 Å². The van der Waals surface area contributed by atoms with Crippen LogP contribution in [0.25, 0.3) is 0 Å². The first-order valence-corrected chi connectivity index (χ1v) is 11.2. The average molecular weight is 540 g/mol. The van der Waals surface area contributed by atoms with Gasteiger partial charge in [0.25, 0.3) is 5.69 Å². The Morgan fingerprint density at radius 1 is 1.18 bits per heavy atom. The van der Waals surface area contributed by atoms with Crippen LogP contribution >= 0.6 is 0 Å². The summed E-state index contributed by atoms with van der Waals surface area (Å²) in [7, 11) is 0. The third-order valence-corrected chi connectivity index (χ3v) is 5.66. The predicted molar refractivity (Wildman–Crippen MR) is 119 cm³/mol. The van der Waals surface area contributed by atoms with E-state index in [1.54, 1.807) is 6.92 Å². The van der Waals surface area contributed by atoms with E-state index in [0.717, 1.165) is 12.1 Å². The van der Waals surface area contributed by atoms with E-state index in [1.807, 2.05) is 0 Å². The van der Waals surface area contributed by atoms with Crippen LogP contribution in [0.1, 0.15) is 36.6 Å². The molecule has 3 aromatic rings. The van der Waals surface area contributed by atoms with Crippen molar-refractivity contribution in [2.75, 3.05) is 19.7 Å². The lowest BCUT2D eigenvalue weighted by molar-refractivity contribution is -0.384. The van der Waals surface area contributed by atoms with Gasteiger partial charge >= 0.3 is 18.5 Å². The highest BCUT2D eigenvalue weighted by atomic mass is 19.4. The molecule has 1 fully saturated rings. The Labute approximate surface area is 212 Å². The molecule has 15 heteroatoms. The number of likely N-dealkylation sites (tertiary alicyclic amines) is 1. The SMILES string of the molecule is CCOc1noc(C2CC(c3ccc(OC(F)(F)F)c(F)c3)CN(C(=O)Oc3ccc([N+](=O)[O-])cc3)C2)n1. The summed E-state index contributed by atoms with van der Waals surface area (Å²) < 4.78 is 71.6. The Hall–Kier alpha value is -4.43. The summed E-state index contributed by atoms with van der Waals surface area (Å²) in [6.07, 6.45) is -5.59. The molecule has 0 bridgehead atoms. The summed E-state index contributed by atoms with van der Waals surface area (Å²) in [5, 5.41) is 14.6. The Balaban J connectivity index is 1.58. The van der Waals surface area contributed by atoms with Crippen molar-refractivity contribution >= 4 is 11.8 Å². The van der Waals surface area contributed by atoms with Crippen LogP contribution in [0.15, 0.2) is 47.0 Å². The summed E-state index contributed by atoms with van der Waals surface area (Å²) in [5.41, 5.74) is 0.115. The minimum Gasteiger partial charge on any atom is -0.462 e. The molecule has 2 atom stereocenters. The average Bonchev–Trinajstić information content (AvgIpc) is 3.33. The zero-order valence-electron chi connectivity index (χ0n) is 19.7. The molecule has 1 amide bonds. The van der Waals surface area contributed by atoms with E-state index in [4.69, 9.17) is 14.0 Å². The number of nitro groups is 1. The van der Waals surface area contributed by atoms with Crippen molar-refractivity contribution in [2.24, 2.45) is 0 Å². The fraction of sp³-hybridized carbons (Fsp3) is 0.348. The monoisotopic (exact) mass is 540 g/mol. The number of hydrogen-bond donors (Lipinski definition) is 0. The smallest absolute Gasteiger partial charge is 0.462 e. The number of nitrogens with zero attached hydrogens (tertiary/aromatic N) is 4. The van der Waals surface area contributed by atoms with E-state index >= 15 is 0 Å². The fourth-order valence-corrected chi connectivity index (χ4v) is 4.02. The molecule has 1 aliphatic heterocycles. The quantitative estimate of drug-likeness (QED) is 0.226. The van der Waals surface area contributed by atoms with E-state index in [2.05, 4.69) is 14.9 Å². The number of amides is 1. The molecule has 0 aliphatic carbocycles. The van der Waals surface area contributed by atoms with E-state index in [-0.39, 0.29) is 49.5 Å². The first kappa shape index (κ1) is 26.6. The van der Waals surface area contributed by atoms with Crippen LogP contribution < -0.4 is 14.2 Å². The van der Waals surface area contributed by atoms with E-state index in [9.17, 15) is 32.5 Å². The first-order valence-electron chi connectivity index (χ1n) is 11.2. The fourth-order valence-electron chi connectivity index (χ4n) is 4.02. The Bertz CT molecular complexity index is 1300. The van der Waals surface area contributed by atoms with Crippen molar-refractivity contribution < 1.29 is 46.0 Å². The van der Waals surface area contributed by atoms with Gasteiger partial charge in [0, 0.05) is 31.1 Å². The summed E-state index contributed by atoms with van der Waals surface area (Å²) in [4.78, 5) is 28.7. The second-order valence-electron chi connectivity index (χ2n) is 8.24. The van der Waals surface area contributed by atoms with Gasteiger partial charge in [-0.3, -0.25) is 10.1 Å². The summed E-state index contributed by atoms with van der Waals surface area (Å²) >= 11 is 0. The van der Waals surface area contributed by atoms with Crippen LogP contribution in [-0.2, 0) is 0 Å². The van der Waals surface area contributed by atoms with Crippen LogP contribution in [-0.4, -0.2) is 52.1 Å². The maximum absolute atomic E-state index is 14.4. The van der Waals surface area contributed by atoms with E-state index < -0.39 is 40.8 Å². The van der Waals surface area contributed by atoms with Crippen molar-refractivity contribution in [3.05, 3.63) is 69.9 Å². The van der Waals surface area contributed by atoms with Gasteiger partial charge in [-0.25, -0.2) is 9.18 Å². The summed E-state index contributed by atoms with van der Waals surface area (Å²) in [5.74, 6) is -3.12. The lowest BCUT2D eigenvalue weighted by atomic mass is 9.84. The number of piperidine rings is 1. The first-order chi connectivity index (χ1) is 18.0. The van der Waals surface area contributed by atoms with Crippen LogP contribution in [0.4, 0.5) is 28.0 Å². The predicted octanol–water partition coefficient (Wildman–Crippen LogP) is 5.19. The molecule has 0 saturated carbocycles. The van der Waals surface area contributed by atoms with Crippen molar-refractivity contribution in [1.29, 1.82) is 0 Å². The Morgan fingerprint density at radius 3 is 2.53 bits per heavy atom. The number of benzene rings is 2. The molecule has 1 aliphatic rings. The Kier molecular flexibility index (Phi) is 7.64. The van der Waals surface area contributed by atoms with Gasteiger partial charge in [-0.15, -0.1) is 13.2 Å². The highest BCUT2D eigenvalue weighted by Crippen LogP contribution is 2.38. The molecule has 0 radical (unpaired) electrons. The third kappa shape index (κ3) is 6.46.